The van der Waals surface area contributed by atoms with Crippen molar-refractivity contribution in [2.75, 3.05) is 0 Å². The molecule has 0 amide bonds. The quantitative estimate of drug-likeness (QED) is 0.366. The Hall–Kier alpha value is -3.03. The van der Waals surface area contributed by atoms with Gasteiger partial charge in [0.2, 0.25) is 0 Å². The molecule has 148 valence electrons. The molecule has 30 heavy (non-hydrogen) atoms. The van der Waals surface area contributed by atoms with Gasteiger partial charge in [-0.2, -0.15) is 0 Å². The summed E-state index contributed by atoms with van der Waals surface area (Å²) in [6.45, 7) is 0.225. The third-order valence-corrected chi connectivity index (χ3v) is 6.15. The SMILES string of the molecule is O=c1c(=Cc2cc(Br)ccc2OCc2cccc(F)c2)sc2nc3ccccc3n12. The monoisotopic (exact) mass is 480 g/mol. The maximum atomic E-state index is 13.4. The molecular weight excluding hydrogens is 467 g/mol. The van der Waals surface area contributed by atoms with Crippen molar-refractivity contribution in [1.82, 2.24) is 9.38 Å². The predicted molar refractivity (Wildman–Crippen MR) is 121 cm³/mol. The Kier molecular flexibility index (Phi) is 4.84. The molecule has 0 bridgehead atoms. The summed E-state index contributed by atoms with van der Waals surface area (Å²) in [5.41, 5.74) is 2.97. The van der Waals surface area contributed by atoms with Crippen molar-refractivity contribution in [3.63, 3.8) is 0 Å². The highest BCUT2D eigenvalue weighted by atomic mass is 79.9. The van der Waals surface area contributed by atoms with Crippen LogP contribution < -0.4 is 14.8 Å². The van der Waals surface area contributed by atoms with E-state index in [0.717, 1.165) is 26.6 Å². The molecule has 4 nitrogen and oxygen atoms in total. The van der Waals surface area contributed by atoms with Crippen molar-refractivity contribution in [3.8, 4) is 5.75 Å². The minimum atomic E-state index is -0.302. The van der Waals surface area contributed by atoms with Crippen molar-refractivity contribution in [1.29, 1.82) is 0 Å². The summed E-state index contributed by atoms with van der Waals surface area (Å²) in [5.74, 6) is 0.307. The van der Waals surface area contributed by atoms with E-state index in [1.807, 2.05) is 48.5 Å². The van der Waals surface area contributed by atoms with E-state index in [1.165, 1.54) is 23.5 Å². The number of hydrogen-bond donors (Lipinski definition) is 0. The van der Waals surface area contributed by atoms with Crippen molar-refractivity contribution in [2.45, 2.75) is 6.61 Å². The second-order valence-electron chi connectivity index (χ2n) is 6.74. The maximum Gasteiger partial charge on any atom is 0.274 e. The Bertz CT molecular complexity index is 1510. The lowest BCUT2D eigenvalue weighted by Crippen LogP contribution is -2.22. The molecule has 0 aliphatic heterocycles. The van der Waals surface area contributed by atoms with Crippen molar-refractivity contribution >= 4 is 49.3 Å². The first-order valence-electron chi connectivity index (χ1n) is 9.17. The average molecular weight is 481 g/mol. The van der Waals surface area contributed by atoms with Gasteiger partial charge in [-0.05, 0) is 54.1 Å². The Morgan fingerprint density at radius 2 is 1.97 bits per heavy atom. The van der Waals surface area contributed by atoms with Crippen LogP contribution in [0, 0.1) is 5.82 Å². The van der Waals surface area contributed by atoms with E-state index in [0.29, 0.717) is 15.2 Å². The zero-order chi connectivity index (χ0) is 20.7. The molecule has 7 heteroatoms. The van der Waals surface area contributed by atoms with Crippen molar-refractivity contribution in [2.24, 2.45) is 0 Å². The van der Waals surface area contributed by atoms with Gasteiger partial charge in [0.15, 0.2) is 4.96 Å². The predicted octanol–water partition coefficient (Wildman–Crippen LogP) is 4.94. The van der Waals surface area contributed by atoms with Gasteiger partial charge >= 0.3 is 0 Å². The number of hydrogen-bond acceptors (Lipinski definition) is 4. The summed E-state index contributed by atoms with van der Waals surface area (Å²) in [5, 5.41) is 0. The molecule has 0 aliphatic carbocycles. The summed E-state index contributed by atoms with van der Waals surface area (Å²) in [4.78, 5) is 18.2. The van der Waals surface area contributed by atoms with E-state index in [4.69, 9.17) is 4.74 Å². The van der Waals surface area contributed by atoms with Crippen LogP contribution in [0.5, 0.6) is 5.75 Å². The number of aromatic nitrogens is 2. The summed E-state index contributed by atoms with van der Waals surface area (Å²) in [7, 11) is 0. The van der Waals surface area contributed by atoms with Crippen molar-refractivity contribution < 1.29 is 9.13 Å². The van der Waals surface area contributed by atoms with Crippen molar-refractivity contribution in [3.05, 3.63) is 103 Å². The second kappa shape index (κ2) is 7.66. The number of fused-ring (bicyclic) bond motifs is 3. The lowest BCUT2D eigenvalue weighted by molar-refractivity contribution is 0.305. The lowest BCUT2D eigenvalue weighted by atomic mass is 10.2. The molecule has 0 saturated carbocycles. The zero-order valence-electron chi connectivity index (χ0n) is 15.5. The first kappa shape index (κ1) is 19.0. The number of rotatable bonds is 4. The Labute approximate surface area is 183 Å². The van der Waals surface area contributed by atoms with Crippen LogP contribution >= 0.6 is 27.3 Å². The van der Waals surface area contributed by atoms with E-state index in [-0.39, 0.29) is 18.0 Å². The first-order valence-corrected chi connectivity index (χ1v) is 10.8. The van der Waals surface area contributed by atoms with Crippen LogP contribution in [-0.2, 0) is 6.61 Å². The first-order chi connectivity index (χ1) is 14.6. The van der Waals surface area contributed by atoms with Gasteiger partial charge < -0.3 is 4.74 Å². The molecule has 5 aromatic rings. The molecule has 0 fully saturated rings. The van der Waals surface area contributed by atoms with E-state index >= 15 is 0 Å². The fourth-order valence-electron chi connectivity index (χ4n) is 3.30. The Morgan fingerprint density at radius 1 is 1.10 bits per heavy atom. The van der Waals surface area contributed by atoms with Gasteiger partial charge in [0.1, 0.15) is 18.2 Å². The summed E-state index contributed by atoms with van der Waals surface area (Å²) in [6, 6.07) is 19.5. The molecule has 0 saturated heterocycles. The maximum absolute atomic E-state index is 13.4. The van der Waals surface area contributed by atoms with Gasteiger partial charge in [0, 0.05) is 10.0 Å². The molecule has 0 N–H and O–H groups in total. The van der Waals surface area contributed by atoms with Crippen LogP contribution in [0.25, 0.3) is 22.1 Å². The standard InChI is InChI=1S/C23H14BrFN2O2S/c24-16-8-9-20(29-13-14-4-3-5-17(25)10-14)15(11-16)12-21-22(28)27-19-7-2-1-6-18(19)26-23(27)30-21/h1-12H,13H2. The normalized spacial score (nSPS) is 12.1. The van der Waals surface area contributed by atoms with Crippen LogP contribution in [0.1, 0.15) is 11.1 Å². The Morgan fingerprint density at radius 3 is 2.83 bits per heavy atom. The van der Waals surface area contributed by atoms with Gasteiger partial charge in [-0.15, -0.1) is 0 Å². The van der Waals surface area contributed by atoms with E-state index < -0.39 is 0 Å². The molecule has 0 atom stereocenters. The number of ether oxygens (including phenoxy) is 1. The van der Waals surface area contributed by atoms with Gasteiger partial charge in [0.25, 0.3) is 5.56 Å². The van der Waals surface area contributed by atoms with Gasteiger partial charge in [0.05, 0.1) is 15.6 Å². The lowest BCUT2D eigenvalue weighted by Gasteiger charge is -2.10. The topological polar surface area (TPSA) is 43.6 Å². The largest absolute Gasteiger partial charge is 0.488 e. The molecule has 0 radical (unpaired) electrons. The van der Waals surface area contributed by atoms with Crippen LogP contribution in [0.2, 0.25) is 0 Å². The molecule has 2 heterocycles. The number of nitrogens with zero attached hydrogens (tertiary/aromatic N) is 2. The number of para-hydroxylation sites is 2. The molecule has 0 unspecified atom stereocenters. The van der Waals surface area contributed by atoms with Gasteiger partial charge in [-0.3, -0.25) is 4.79 Å². The van der Waals surface area contributed by atoms with E-state index in [2.05, 4.69) is 20.9 Å². The number of halogens is 2. The minimum absolute atomic E-state index is 0.111. The molecule has 0 aliphatic rings. The van der Waals surface area contributed by atoms with E-state index in [1.54, 1.807) is 16.5 Å². The fraction of sp³-hybridized carbons (Fsp3) is 0.0435. The van der Waals surface area contributed by atoms with Crippen LogP contribution in [0.15, 0.2) is 76.0 Å². The molecular formula is C23H14BrFN2O2S. The fourth-order valence-corrected chi connectivity index (χ4v) is 4.66. The molecule has 2 aromatic heterocycles. The van der Waals surface area contributed by atoms with E-state index in [9.17, 15) is 9.18 Å². The third-order valence-electron chi connectivity index (χ3n) is 4.69. The molecule has 0 spiro atoms. The Balaban J connectivity index is 1.57. The highest BCUT2D eigenvalue weighted by Crippen LogP contribution is 2.25. The molecule has 3 aromatic carbocycles. The number of benzene rings is 3. The third kappa shape index (κ3) is 3.51. The van der Waals surface area contributed by atoms with Crippen LogP contribution in [-0.4, -0.2) is 9.38 Å². The molecule has 5 rings (SSSR count). The highest BCUT2D eigenvalue weighted by molar-refractivity contribution is 9.10. The zero-order valence-corrected chi connectivity index (χ0v) is 17.9. The van der Waals surface area contributed by atoms with Gasteiger partial charge in [-0.25, -0.2) is 13.8 Å². The smallest absolute Gasteiger partial charge is 0.274 e. The van der Waals surface area contributed by atoms with Crippen LogP contribution in [0.4, 0.5) is 4.39 Å². The summed E-state index contributed by atoms with van der Waals surface area (Å²) < 4.78 is 22.4. The van der Waals surface area contributed by atoms with Crippen LogP contribution in [0.3, 0.4) is 0 Å². The number of imidazole rings is 1. The summed E-state index contributed by atoms with van der Waals surface area (Å²) in [6.07, 6.45) is 1.81. The summed E-state index contributed by atoms with van der Waals surface area (Å²) >= 11 is 4.81. The number of thiazole rings is 1. The van der Waals surface area contributed by atoms with Gasteiger partial charge in [-0.1, -0.05) is 51.5 Å². The average Bonchev–Trinajstić information content (AvgIpc) is 3.24. The highest BCUT2D eigenvalue weighted by Gasteiger charge is 2.11. The second-order valence-corrected chi connectivity index (χ2v) is 8.66. The minimum Gasteiger partial charge on any atom is -0.488 e.